The van der Waals surface area contributed by atoms with Crippen molar-refractivity contribution >= 4 is 23.5 Å². The van der Waals surface area contributed by atoms with Crippen molar-refractivity contribution in [2.24, 2.45) is 5.92 Å². The molecule has 0 saturated carbocycles. The van der Waals surface area contributed by atoms with Crippen LogP contribution in [0.3, 0.4) is 0 Å². The monoisotopic (exact) mass is 261 g/mol. The summed E-state index contributed by atoms with van der Waals surface area (Å²) in [6.45, 7) is 16.2. The Kier molecular flexibility index (Phi) is 8.26. The van der Waals surface area contributed by atoms with Gasteiger partial charge in [-0.3, -0.25) is 0 Å². The van der Waals surface area contributed by atoms with Crippen LogP contribution in [0.1, 0.15) is 61.3 Å². The molecule has 0 aliphatic heterocycles. The molecule has 97 valence electrons. The molecule has 0 aromatic heterocycles. The first kappa shape index (κ1) is 16.7. The van der Waals surface area contributed by atoms with Crippen LogP contribution in [-0.2, 0) is 0 Å². The SMILES string of the molecule is CC[C](CSC(C)(C)CC)SC(C)C(C)C. The van der Waals surface area contributed by atoms with Gasteiger partial charge in [-0.15, -0.1) is 11.8 Å². The lowest BCUT2D eigenvalue weighted by Crippen LogP contribution is -2.16. The van der Waals surface area contributed by atoms with Gasteiger partial charge in [0.25, 0.3) is 0 Å². The van der Waals surface area contributed by atoms with E-state index in [4.69, 9.17) is 0 Å². The van der Waals surface area contributed by atoms with Crippen LogP contribution in [0, 0.1) is 11.2 Å². The van der Waals surface area contributed by atoms with Gasteiger partial charge in [0.1, 0.15) is 0 Å². The summed E-state index contributed by atoms with van der Waals surface area (Å²) < 4.78 is 0.433. The zero-order valence-corrected chi connectivity index (χ0v) is 13.7. The molecule has 0 bridgehead atoms. The molecule has 0 amide bonds. The van der Waals surface area contributed by atoms with E-state index in [-0.39, 0.29) is 0 Å². The predicted octanol–water partition coefficient (Wildman–Crippen LogP) is 5.63. The first-order valence-corrected chi connectivity index (χ1v) is 8.34. The smallest absolute Gasteiger partial charge is 0.0405 e. The quantitative estimate of drug-likeness (QED) is 0.555. The Hall–Kier alpha value is 0.700. The third kappa shape index (κ3) is 7.11. The van der Waals surface area contributed by atoms with Crippen LogP contribution < -0.4 is 0 Å². The molecular formula is C14H29S2. The second-order valence-electron chi connectivity index (χ2n) is 5.36. The minimum Gasteiger partial charge on any atom is -0.154 e. The molecule has 0 heterocycles. The van der Waals surface area contributed by atoms with E-state index in [1.54, 1.807) is 5.25 Å². The van der Waals surface area contributed by atoms with Gasteiger partial charge in [0.2, 0.25) is 0 Å². The lowest BCUT2D eigenvalue weighted by Gasteiger charge is -2.26. The summed E-state index contributed by atoms with van der Waals surface area (Å²) in [5.74, 6) is 2.00. The second-order valence-corrected chi connectivity index (χ2v) is 8.60. The Morgan fingerprint density at radius 2 is 1.69 bits per heavy atom. The molecule has 0 N–H and O–H groups in total. The maximum Gasteiger partial charge on any atom is 0.0405 e. The molecule has 0 aromatic carbocycles. The van der Waals surface area contributed by atoms with Crippen LogP contribution in [-0.4, -0.2) is 15.7 Å². The number of rotatable bonds is 8. The Balaban J connectivity index is 4.02. The first-order valence-electron chi connectivity index (χ1n) is 6.47. The maximum atomic E-state index is 2.35. The van der Waals surface area contributed by atoms with Crippen LogP contribution in [0.5, 0.6) is 0 Å². The number of thioether (sulfide) groups is 2. The van der Waals surface area contributed by atoms with Gasteiger partial charge in [0, 0.05) is 21.0 Å². The average molecular weight is 262 g/mol. The van der Waals surface area contributed by atoms with E-state index in [2.05, 4.69) is 72.0 Å². The van der Waals surface area contributed by atoms with Gasteiger partial charge >= 0.3 is 0 Å². The van der Waals surface area contributed by atoms with E-state index in [9.17, 15) is 0 Å². The Labute approximate surface area is 112 Å². The van der Waals surface area contributed by atoms with Gasteiger partial charge in [-0.25, -0.2) is 0 Å². The van der Waals surface area contributed by atoms with Crippen molar-refractivity contribution in [3.63, 3.8) is 0 Å². The molecule has 1 radical (unpaired) electrons. The van der Waals surface area contributed by atoms with Gasteiger partial charge in [-0.05, 0) is 18.8 Å². The van der Waals surface area contributed by atoms with Crippen molar-refractivity contribution in [3.8, 4) is 0 Å². The van der Waals surface area contributed by atoms with Crippen LogP contribution >= 0.6 is 23.5 Å². The summed E-state index contributed by atoms with van der Waals surface area (Å²) in [4.78, 5) is 0. The minimum atomic E-state index is 0.433. The highest BCUT2D eigenvalue weighted by Crippen LogP contribution is 2.38. The summed E-state index contributed by atoms with van der Waals surface area (Å²) in [6, 6.07) is 0. The molecule has 1 unspecified atom stereocenters. The predicted molar refractivity (Wildman–Crippen MR) is 82.3 cm³/mol. The normalized spacial score (nSPS) is 14.8. The maximum absolute atomic E-state index is 2.35. The summed E-state index contributed by atoms with van der Waals surface area (Å²) in [7, 11) is 0. The fourth-order valence-corrected chi connectivity index (χ4v) is 3.37. The van der Waals surface area contributed by atoms with Crippen molar-refractivity contribution in [2.45, 2.75) is 71.3 Å². The summed E-state index contributed by atoms with van der Waals surface area (Å²) in [5, 5.41) is 2.41. The Morgan fingerprint density at radius 3 is 2.06 bits per heavy atom. The third-order valence-corrected chi connectivity index (χ3v) is 6.59. The van der Waals surface area contributed by atoms with Crippen molar-refractivity contribution in [1.82, 2.24) is 0 Å². The van der Waals surface area contributed by atoms with E-state index in [0.29, 0.717) is 4.75 Å². The van der Waals surface area contributed by atoms with Crippen LogP contribution in [0.15, 0.2) is 0 Å². The van der Waals surface area contributed by atoms with Gasteiger partial charge in [0.15, 0.2) is 0 Å². The molecule has 0 saturated heterocycles. The van der Waals surface area contributed by atoms with E-state index in [1.165, 1.54) is 18.6 Å². The largest absolute Gasteiger partial charge is 0.154 e. The molecule has 0 spiro atoms. The topological polar surface area (TPSA) is 0 Å². The number of hydrogen-bond donors (Lipinski definition) is 0. The first-order chi connectivity index (χ1) is 7.32. The average Bonchev–Trinajstić information content (AvgIpc) is 2.23. The Morgan fingerprint density at radius 1 is 1.12 bits per heavy atom. The summed E-state index contributed by atoms with van der Waals surface area (Å²) in [6.07, 6.45) is 2.47. The molecule has 16 heavy (non-hydrogen) atoms. The van der Waals surface area contributed by atoms with Crippen molar-refractivity contribution in [2.75, 3.05) is 5.75 Å². The third-order valence-electron chi connectivity index (χ3n) is 3.16. The molecule has 1 atom stereocenters. The van der Waals surface area contributed by atoms with Crippen LogP contribution in [0.25, 0.3) is 0 Å². The van der Waals surface area contributed by atoms with E-state index in [0.717, 1.165) is 11.2 Å². The van der Waals surface area contributed by atoms with E-state index >= 15 is 0 Å². The molecule has 0 aliphatic carbocycles. The molecule has 0 aromatic rings. The Bertz CT molecular complexity index is 176. The summed E-state index contributed by atoms with van der Waals surface area (Å²) >= 11 is 4.21. The van der Waals surface area contributed by atoms with Crippen molar-refractivity contribution in [3.05, 3.63) is 5.25 Å². The molecule has 0 rings (SSSR count). The van der Waals surface area contributed by atoms with Crippen LogP contribution in [0.2, 0.25) is 0 Å². The fourth-order valence-electron chi connectivity index (χ4n) is 0.996. The highest BCUT2D eigenvalue weighted by atomic mass is 32.2. The minimum absolute atomic E-state index is 0.433. The fraction of sp³-hybridized carbons (Fsp3) is 0.929. The van der Waals surface area contributed by atoms with E-state index in [1.807, 2.05) is 0 Å². The zero-order valence-electron chi connectivity index (χ0n) is 12.1. The standard InChI is InChI=1S/C14H29S2/c1-8-13(16-12(5)11(3)4)10-15-14(6,7)9-2/h11-12H,8-10H2,1-7H3. The zero-order chi connectivity index (χ0) is 12.8. The number of hydrogen-bond acceptors (Lipinski definition) is 2. The van der Waals surface area contributed by atoms with E-state index < -0.39 is 0 Å². The van der Waals surface area contributed by atoms with Crippen molar-refractivity contribution < 1.29 is 0 Å². The highest BCUT2D eigenvalue weighted by Gasteiger charge is 2.20. The molecule has 0 aliphatic rings. The highest BCUT2D eigenvalue weighted by molar-refractivity contribution is 8.05. The van der Waals surface area contributed by atoms with Gasteiger partial charge in [0.05, 0.1) is 0 Å². The summed E-state index contributed by atoms with van der Waals surface area (Å²) in [5.41, 5.74) is 0. The van der Waals surface area contributed by atoms with Gasteiger partial charge in [-0.1, -0.05) is 48.5 Å². The molecule has 0 fully saturated rings. The molecular weight excluding hydrogens is 232 g/mol. The molecule has 2 heteroatoms. The van der Waals surface area contributed by atoms with Gasteiger partial charge in [-0.2, -0.15) is 11.8 Å². The lowest BCUT2D eigenvalue weighted by atomic mass is 10.1. The second kappa shape index (κ2) is 7.92. The van der Waals surface area contributed by atoms with Gasteiger partial charge < -0.3 is 0 Å². The lowest BCUT2D eigenvalue weighted by molar-refractivity contribution is 0.642. The van der Waals surface area contributed by atoms with Crippen LogP contribution in [0.4, 0.5) is 0 Å². The van der Waals surface area contributed by atoms with Crippen molar-refractivity contribution in [1.29, 1.82) is 0 Å². The molecule has 0 nitrogen and oxygen atoms in total.